The van der Waals surface area contributed by atoms with Crippen molar-refractivity contribution in [3.63, 3.8) is 0 Å². The van der Waals surface area contributed by atoms with Crippen LogP contribution in [0.5, 0.6) is 0 Å². The molecule has 2 aliphatic rings. The summed E-state index contributed by atoms with van der Waals surface area (Å²) in [6.45, 7) is 0. The number of rotatable bonds is 5. The molecule has 3 amide bonds. The Hall–Kier alpha value is -4.01. The van der Waals surface area contributed by atoms with Gasteiger partial charge in [0.2, 0.25) is 0 Å². The minimum atomic E-state index is -0.797. The van der Waals surface area contributed by atoms with Crippen LogP contribution < -0.4 is 5.32 Å². The molecule has 32 heavy (non-hydrogen) atoms. The molecule has 1 aliphatic carbocycles. The average molecular weight is 432 g/mol. The van der Waals surface area contributed by atoms with Gasteiger partial charge in [0.15, 0.2) is 0 Å². The van der Waals surface area contributed by atoms with Crippen LogP contribution in [0.4, 0.5) is 0 Å². The third-order valence-electron chi connectivity index (χ3n) is 5.73. The van der Waals surface area contributed by atoms with E-state index in [-0.39, 0.29) is 30.4 Å². The predicted molar refractivity (Wildman–Crippen MR) is 112 cm³/mol. The normalized spacial score (nSPS) is 16.3. The first-order valence-electron chi connectivity index (χ1n) is 10.5. The van der Waals surface area contributed by atoms with Gasteiger partial charge in [0.05, 0.1) is 16.8 Å². The zero-order valence-electron chi connectivity index (χ0n) is 17.1. The van der Waals surface area contributed by atoms with Gasteiger partial charge in [-0.15, -0.1) is 5.06 Å². The summed E-state index contributed by atoms with van der Waals surface area (Å²) in [7, 11) is 0. The number of nitrogens with one attached hydrogen (secondary N) is 1. The highest BCUT2D eigenvalue weighted by Crippen LogP contribution is 2.23. The molecule has 9 heteroatoms. The third kappa shape index (κ3) is 3.73. The van der Waals surface area contributed by atoms with Crippen molar-refractivity contribution in [2.45, 2.75) is 38.1 Å². The molecule has 1 saturated heterocycles. The number of pyridine rings is 1. The van der Waals surface area contributed by atoms with Gasteiger partial charge in [0.1, 0.15) is 5.65 Å². The molecule has 0 unspecified atom stereocenters. The summed E-state index contributed by atoms with van der Waals surface area (Å²) in [4.78, 5) is 57.8. The second-order valence-electron chi connectivity index (χ2n) is 7.95. The molecule has 0 spiro atoms. The van der Waals surface area contributed by atoms with E-state index in [4.69, 9.17) is 4.84 Å². The van der Waals surface area contributed by atoms with Crippen molar-refractivity contribution in [2.75, 3.05) is 0 Å². The number of hydrogen-bond donors (Lipinski definition) is 1. The number of aromatic nitrogens is 2. The second kappa shape index (κ2) is 7.92. The Morgan fingerprint density at radius 2 is 1.78 bits per heavy atom. The number of imidazole rings is 1. The van der Waals surface area contributed by atoms with Gasteiger partial charge in [-0.05, 0) is 43.5 Å². The highest BCUT2D eigenvalue weighted by atomic mass is 16.7. The van der Waals surface area contributed by atoms with E-state index in [0.29, 0.717) is 27.5 Å². The van der Waals surface area contributed by atoms with Gasteiger partial charge >= 0.3 is 5.97 Å². The standard InChI is InChI=1S/C23H20N4O5/c28-20-9-10-21(29)27(20)32-23(31)15-4-1-3-14(11-15)18-13-26-12-16(7-8-19(26)25-18)22(30)24-17-5-2-6-17/h1,3-4,7-8,11-13,17H,2,5-6,9-10H2,(H,24,30). The monoisotopic (exact) mass is 432 g/mol. The molecule has 1 aromatic carbocycles. The lowest BCUT2D eigenvalue weighted by atomic mass is 9.93. The minimum absolute atomic E-state index is 0.0358. The predicted octanol–water partition coefficient (Wildman–Crippen LogP) is 2.50. The number of amides is 3. The summed E-state index contributed by atoms with van der Waals surface area (Å²) in [5, 5.41) is 3.54. The molecule has 2 aromatic heterocycles. The zero-order valence-corrected chi connectivity index (χ0v) is 17.1. The molecule has 9 nitrogen and oxygen atoms in total. The van der Waals surface area contributed by atoms with Gasteiger partial charge in [-0.3, -0.25) is 14.4 Å². The number of nitrogens with zero attached hydrogens (tertiary/aromatic N) is 3. The topological polar surface area (TPSA) is 110 Å². The molecule has 3 heterocycles. The van der Waals surface area contributed by atoms with E-state index in [0.717, 1.165) is 19.3 Å². The first-order chi connectivity index (χ1) is 15.5. The molecule has 2 fully saturated rings. The maximum atomic E-state index is 12.4. The molecule has 5 rings (SSSR count). The van der Waals surface area contributed by atoms with E-state index >= 15 is 0 Å². The van der Waals surface area contributed by atoms with Crippen LogP contribution in [-0.4, -0.2) is 44.2 Å². The van der Waals surface area contributed by atoms with E-state index in [2.05, 4.69) is 10.3 Å². The summed E-state index contributed by atoms with van der Waals surface area (Å²) in [5.41, 5.74) is 2.65. The lowest BCUT2D eigenvalue weighted by Crippen LogP contribution is -2.39. The second-order valence-corrected chi connectivity index (χ2v) is 7.95. The van der Waals surface area contributed by atoms with Crippen molar-refractivity contribution in [3.05, 3.63) is 59.9 Å². The Labute approximate surface area is 182 Å². The number of carbonyl (C=O) groups excluding carboxylic acids is 4. The molecule has 1 N–H and O–H groups in total. The van der Waals surface area contributed by atoms with Gasteiger partial charge in [-0.25, -0.2) is 9.78 Å². The minimum Gasteiger partial charge on any atom is -0.349 e. The molecule has 0 radical (unpaired) electrons. The van der Waals surface area contributed by atoms with E-state index in [1.807, 2.05) is 0 Å². The van der Waals surface area contributed by atoms with Crippen LogP contribution in [0.3, 0.4) is 0 Å². The molecule has 3 aromatic rings. The summed E-state index contributed by atoms with van der Waals surface area (Å²) < 4.78 is 1.76. The van der Waals surface area contributed by atoms with Crippen molar-refractivity contribution in [1.82, 2.24) is 19.8 Å². The molecule has 1 aliphatic heterocycles. The number of benzene rings is 1. The van der Waals surface area contributed by atoms with Crippen LogP contribution in [0.25, 0.3) is 16.9 Å². The molecule has 162 valence electrons. The smallest absolute Gasteiger partial charge is 0.349 e. The van der Waals surface area contributed by atoms with Gasteiger partial charge in [-0.1, -0.05) is 12.1 Å². The van der Waals surface area contributed by atoms with E-state index < -0.39 is 17.8 Å². The van der Waals surface area contributed by atoms with Crippen molar-refractivity contribution in [1.29, 1.82) is 0 Å². The van der Waals surface area contributed by atoms with Gasteiger partial charge in [0, 0.05) is 36.8 Å². The number of hydroxylamine groups is 2. The van der Waals surface area contributed by atoms with Gasteiger partial charge in [0.25, 0.3) is 17.7 Å². The number of imide groups is 1. The highest BCUT2D eigenvalue weighted by molar-refractivity contribution is 6.03. The SMILES string of the molecule is O=C(NC1CCC1)c1ccc2nc(-c3cccc(C(=O)ON4C(=O)CCC4=O)c3)cn2c1. The zero-order chi connectivity index (χ0) is 22.2. The van der Waals surface area contributed by atoms with Crippen molar-refractivity contribution in [3.8, 4) is 11.3 Å². The Bertz CT molecular complexity index is 1240. The fraction of sp³-hybridized carbons (Fsp3) is 0.261. The maximum Gasteiger partial charge on any atom is 0.363 e. The Morgan fingerprint density at radius 1 is 1.00 bits per heavy atom. The van der Waals surface area contributed by atoms with E-state index in [9.17, 15) is 19.2 Å². The van der Waals surface area contributed by atoms with Crippen molar-refractivity contribution in [2.24, 2.45) is 0 Å². The lowest BCUT2D eigenvalue weighted by molar-refractivity contribution is -0.172. The molecule has 1 saturated carbocycles. The van der Waals surface area contributed by atoms with Crippen molar-refractivity contribution < 1.29 is 24.0 Å². The van der Waals surface area contributed by atoms with Crippen molar-refractivity contribution >= 4 is 29.3 Å². The number of hydrogen-bond acceptors (Lipinski definition) is 6. The number of carbonyl (C=O) groups is 4. The van der Waals surface area contributed by atoms with Gasteiger partial charge in [-0.2, -0.15) is 0 Å². The quantitative estimate of drug-likeness (QED) is 0.621. The Morgan fingerprint density at radius 3 is 2.50 bits per heavy atom. The van der Waals surface area contributed by atoms with Crippen LogP contribution >= 0.6 is 0 Å². The lowest BCUT2D eigenvalue weighted by Gasteiger charge is -2.26. The first kappa shape index (κ1) is 19.9. The summed E-state index contributed by atoms with van der Waals surface area (Å²) >= 11 is 0. The first-order valence-corrected chi connectivity index (χ1v) is 10.5. The Kier molecular flexibility index (Phi) is 4.93. The Balaban J connectivity index is 1.36. The molecular formula is C23H20N4O5. The summed E-state index contributed by atoms with van der Waals surface area (Å²) in [6.07, 6.45) is 6.74. The van der Waals surface area contributed by atoms with E-state index in [1.54, 1.807) is 47.1 Å². The fourth-order valence-electron chi connectivity index (χ4n) is 3.69. The molecule has 0 bridgehead atoms. The largest absolute Gasteiger partial charge is 0.363 e. The third-order valence-corrected chi connectivity index (χ3v) is 5.73. The van der Waals surface area contributed by atoms with Crippen LogP contribution in [-0.2, 0) is 14.4 Å². The highest BCUT2D eigenvalue weighted by Gasteiger charge is 2.33. The van der Waals surface area contributed by atoms with Crippen LogP contribution in [0.15, 0.2) is 48.8 Å². The van der Waals surface area contributed by atoms with E-state index in [1.165, 1.54) is 6.07 Å². The molecule has 0 atom stereocenters. The molecular weight excluding hydrogens is 412 g/mol. The van der Waals surface area contributed by atoms with Crippen LogP contribution in [0.1, 0.15) is 52.8 Å². The fourth-order valence-corrected chi connectivity index (χ4v) is 3.69. The van der Waals surface area contributed by atoms with Crippen LogP contribution in [0, 0.1) is 0 Å². The number of fused-ring (bicyclic) bond motifs is 1. The van der Waals surface area contributed by atoms with Crippen LogP contribution in [0.2, 0.25) is 0 Å². The van der Waals surface area contributed by atoms with Gasteiger partial charge < -0.3 is 14.6 Å². The summed E-state index contributed by atoms with van der Waals surface area (Å²) in [6, 6.07) is 10.3. The summed E-state index contributed by atoms with van der Waals surface area (Å²) in [5.74, 6) is -1.97. The average Bonchev–Trinajstić information content (AvgIpc) is 3.34. The maximum absolute atomic E-state index is 12.4.